The quantitative estimate of drug-likeness (QED) is 0.462. The Balaban J connectivity index is 1.57. The molecule has 0 aromatic carbocycles. The molecule has 4 heterocycles. The molecule has 3 aromatic rings. The van der Waals surface area contributed by atoms with E-state index in [1.54, 1.807) is 16.8 Å². The molecular formula is C20H26N8O2. The summed E-state index contributed by atoms with van der Waals surface area (Å²) >= 11 is 0. The van der Waals surface area contributed by atoms with Crippen molar-refractivity contribution in [3.8, 4) is 5.88 Å². The van der Waals surface area contributed by atoms with Crippen LogP contribution in [0.4, 0.5) is 5.82 Å². The van der Waals surface area contributed by atoms with Gasteiger partial charge in [0, 0.05) is 23.9 Å². The number of aromatic nitrogens is 5. The van der Waals surface area contributed by atoms with E-state index in [1.165, 1.54) is 12.8 Å². The molecule has 1 saturated carbocycles. The minimum atomic E-state index is -0.465. The molecule has 0 spiro atoms. The minimum Gasteiger partial charge on any atom is -0.493 e. The lowest BCUT2D eigenvalue weighted by atomic mass is 10.1. The van der Waals surface area contributed by atoms with Crippen molar-refractivity contribution in [2.24, 2.45) is 10.9 Å². The first-order valence-electron chi connectivity index (χ1n) is 10.4. The van der Waals surface area contributed by atoms with Crippen LogP contribution in [0.3, 0.4) is 0 Å². The highest BCUT2D eigenvalue weighted by Crippen LogP contribution is 2.28. The van der Waals surface area contributed by atoms with Crippen molar-refractivity contribution in [3.05, 3.63) is 39.1 Å². The zero-order valence-corrected chi connectivity index (χ0v) is 16.9. The molecule has 10 heteroatoms. The number of fused-ring (bicyclic) bond motifs is 1. The average Bonchev–Trinajstić information content (AvgIpc) is 3.39. The lowest BCUT2D eigenvalue weighted by molar-refractivity contribution is 0.263. The van der Waals surface area contributed by atoms with Crippen molar-refractivity contribution in [2.45, 2.75) is 31.7 Å². The van der Waals surface area contributed by atoms with E-state index in [9.17, 15) is 9.90 Å². The van der Waals surface area contributed by atoms with Crippen molar-refractivity contribution >= 4 is 17.5 Å². The molecule has 10 nitrogen and oxygen atoms in total. The molecule has 30 heavy (non-hydrogen) atoms. The second-order valence-corrected chi connectivity index (χ2v) is 8.33. The normalized spacial score (nSPS) is 19.8. The third kappa shape index (κ3) is 3.95. The third-order valence-electron chi connectivity index (χ3n) is 5.79. The molecule has 1 aliphatic heterocycles. The zero-order valence-electron chi connectivity index (χ0n) is 16.9. The van der Waals surface area contributed by atoms with Crippen LogP contribution in [0.1, 0.15) is 31.4 Å². The van der Waals surface area contributed by atoms with E-state index in [1.807, 2.05) is 6.07 Å². The van der Waals surface area contributed by atoms with E-state index in [2.05, 4.69) is 32.3 Å². The number of nitrogens with one attached hydrogen (secondary N) is 3. The number of aromatic hydroxyl groups is 1. The Morgan fingerprint density at radius 2 is 2.10 bits per heavy atom. The summed E-state index contributed by atoms with van der Waals surface area (Å²) in [4.78, 5) is 28.3. The largest absolute Gasteiger partial charge is 0.493 e. The lowest BCUT2D eigenvalue weighted by Gasteiger charge is -2.29. The molecule has 3 aromatic heterocycles. The molecule has 5 rings (SSSR count). The Bertz CT molecular complexity index is 1230. The van der Waals surface area contributed by atoms with Gasteiger partial charge in [0.2, 0.25) is 5.88 Å². The summed E-state index contributed by atoms with van der Waals surface area (Å²) in [7, 11) is 2.14. The zero-order chi connectivity index (χ0) is 20.7. The number of likely N-dealkylation sites (tertiary alicyclic amines) is 1. The number of piperidine rings is 1. The average molecular weight is 410 g/mol. The van der Waals surface area contributed by atoms with Crippen LogP contribution in [0.2, 0.25) is 0 Å². The Morgan fingerprint density at radius 3 is 2.80 bits per heavy atom. The van der Waals surface area contributed by atoms with Crippen LogP contribution in [0.15, 0.2) is 22.1 Å². The Kier molecular flexibility index (Phi) is 4.78. The first-order chi connectivity index (χ1) is 14.5. The fraction of sp³-hybridized carbons (Fsp3) is 0.500. The maximum Gasteiger partial charge on any atom is 0.326 e. The van der Waals surface area contributed by atoms with Gasteiger partial charge in [0.25, 0.3) is 0 Å². The Hall–Kier alpha value is -3.14. The summed E-state index contributed by atoms with van der Waals surface area (Å²) in [6.45, 7) is 2.91. The number of imidazole rings is 1. The van der Waals surface area contributed by atoms with Gasteiger partial charge in [0.05, 0.1) is 6.20 Å². The SMILES string of the molecule is CN1CCC(Nc2cc(=NCC3CC3)n3ncc(=Cc4[nH]c(=O)[nH]c4O)c3n2)CC1. The van der Waals surface area contributed by atoms with Crippen LogP contribution in [-0.2, 0) is 0 Å². The van der Waals surface area contributed by atoms with E-state index in [-0.39, 0.29) is 5.88 Å². The molecule has 4 N–H and O–H groups in total. The summed E-state index contributed by atoms with van der Waals surface area (Å²) in [6, 6.07) is 2.33. The molecule has 2 fully saturated rings. The van der Waals surface area contributed by atoms with Gasteiger partial charge in [0.15, 0.2) is 11.1 Å². The van der Waals surface area contributed by atoms with Crippen molar-refractivity contribution < 1.29 is 5.11 Å². The lowest BCUT2D eigenvalue weighted by Crippen LogP contribution is -2.37. The topological polar surface area (TPSA) is 127 Å². The van der Waals surface area contributed by atoms with Gasteiger partial charge in [-0.15, -0.1) is 0 Å². The fourth-order valence-electron chi connectivity index (χ4n) is 3.79. The number of aromatic amines is 2. The predicted molar refractivity (Wildman–Crippen MR) is 112 cm³/mol. The number of rotatable bonds is 5. The van der Waals surface area contributed by atoms with Crippen molar-refractivity contribution in [2.75, 3.05) is 32.0 Å². The first-order valence-corrected chi connectivity index (χ1v) is 10.4. The van der Waals surface area contributed by atoms with Crippen LogP contribution in [0, 0.1) is 5.92 Å². The van der Waals surface area contributed by atoms with E-state index in [0.717, 1.165) is 43.8 Å². The molecule has 158 valence electrons. The van der Waals surface area contributed by atoms with Gasteiger partial charge >= 0.3 is 5.69 Å². The maximum atomic E-state index is 11.5. The Morgan fingerprint density at radius 1 is 1.30 bits per heavy atom. The van der Waals surface area contributed by atoms with Crippen LogP contribution >= 0.6 is 0 Å². The van der Waals surface area contributed by atoms with Crippen molar-refractivity contribution in [3.63, 3.8) is 0 Å². The third-order valence-corrected chi connectivity index (χ3v) is 5.79. The van der Waals surface area contributed by atoms with E-state index in [4.69, 9.17) is 9.98 Å². The molecule has 0 radical (unpaired) electrons. The van der Waals surface area contributed by atoms with Gasteiger partial charge in [-0.05, 0) is 57.8 Å². The molecule has 0 atom stereocenters. The van der Waals surface area contributed by atoms with Crippen molar-refractivity contribution in [1.29, 1.82) is 0 Å². The summed E-state index contributed by atoms with van der Waals surface area (Å²) in [6.07, 6.45) is 7.92. The molecule has 0 unspecified atom stereocenters. The van der Waals surface area contributed by atoms with Gasteiger partial charge in [-0.2, -0.15) is 9.61 Å². The second kappa shape index (κ2) is 7.60. The highest BCUT2D eigenvalue weighted by Gasteiger charge is 2.21. The van der Waals surface area contributed by atoms with Crippen LogP contribution in [-0.4, -0.2) is 67.3 Å². The number of hydrogen-bond donors (Lipinski definition) is 4. The second-order valence-electron chi connectivity index (χ2n) is 8.33. The highest BCUT2D eigenvalue weighted by molar-refractivity contribution is 5.58. The van der Waals surface area contributed by atoms with Crippen LogP contribution in [0.25, 0.3) is 11.7 Å². The smallest absolute Gasteiger partial charge is 0.326 e. The predicted octanol–water partition coefficient (Wildman–Crippen LogP) is -0.184. The monoisotopic (exact) mass is 410 g/mol. The summed E-state index contributed by atoms with van der Waals surface area (Å²) < 4.78 is 1.72. The molecule has 0 amide bonds. The van der Waals surface area contributed by atoms with Crippen LogP contribution in [0.5, 0.6) is 5.88 Å². The van der Waals surface area contributed by atoms with Gasteiger partial charge in [0.1, 0.15) is 11.5 Å². The maximum absolute atomic E-state index is 11.5. The summed E-state index contributed by atoms with van der Waals surface area (Å²) in [5, 5.41) is 18.6. The van der Waals surface area contributed by atoms with Gasteiger partial charge in [-0.25, -0.2) is 9.78 Å². The summed E-state index contributed by atoms with van der Waals surface area (Å²) in [5.41, 5.74) is 1.22. The first kappa shape index (κ1) is 18.9. The van der Waals surface area contributed by atoms with Gasteiger partial charge < -0.3 is 20.3 Å². The standard InChI is InChI=1S/C20H26N8O2/c1-27-6-4-14(5-7-27)23-16-9-17(21-10-12-2-3-12)28-18(25-16)13(11-22-28)8-15-19(29)26-20(30)24-15/h8-9,11-12,14,23,29H,2-7,10H2,1H3,(H2,24,26,30). The molecule has 0 bridgehead atoms. The highest BCUT2D eigenvalue weighted by atomic mass is 16.3. The van der Waals surface area contributed by atoms with Crippen molar-refractivity contribution in [1.82, 2.24) is 29.5 Å². The Labute approximate surface area is 172 Å². The van der Waals surface area contributed by atoms with Crippen LogP contribution < -0.4 is 21.7 Å². The number of nitrogens with zero attached hydrogens (tertiary/aromatic N) is 5. The number of anilines is 1. The molecular weight excluding hydrogens is 384 g/mol. The van der Waals surface area contributed by atoms with Gasteiger partial charge in [-0.3, -0.25) is 9.98 Å². The minimum absolute atomic E-state index is 0.210. The van der Waals surface area contributed by atoms with E-state index >= 15 is 0 Å². The molecule has 2 aliphatic rings. The number of hydrogen-bond acceptors (Lipinski definition) is 7. The fourth-order valence-corrected chi connectivity index (χ4v) is 3.79. The van der Waals surface area contributed by atoms with E-state index in [0.29, 0.717) is 28.5 Å². The molecule has 1 aliphatic carbocycles. The summed E-state index contributed by atoms with van der Waals surface area (Å²) in [5.74, 6) is 1.23. The van der Waals surface area contributed by atoms with E-state index < -0.39 is 5.69 Å². The number of H-pyrrole nitrogens is 2. The molecule has 1 saturated heterocycles. The van der Waals surface area contributed by atoms with Gasteiger partial charge in [-0.1, -0.05) is 0 Å².